The molecule has 2 aromatic rings. The highest BCUT2D eigenvalue weighted by Gasteiger charge is 2.31. The van der Waals surface area contributed by atoms with Crippen LogP contribution in [0.5, 0.6) is 0 Å². The Bertz CT molecular complexity index is 860. The van der Waals surface area contributed by atoms with E-state index < -0.39 is 4.92 Å². The Morgan fingerprint density at radius 3 is 2.57 bits per heavy atom. The highest BCUT2D eigenvalue weighted by molar-refractivity contribution is 7.12. The number of thiophene rings is 1. The van der Waals surface area contributed by atoms with Crippen molar-refractivity contribution in [2.75, 3.05) is 20.1 Å². The van der Waals surface area contributed by atoms with Crippen molar-refractivity contribution in [3.63, 3.8) is 0 Å². The molecule has 28 heavy (non-hydrogen) atoms. The van der Waals surface area contributed by atoms with E-state index in [4.69, 9.17) is 0 Å². The van der Waals surface area contributed by atoms with Crippen LogP contribution in [0.3, 0.4) is 0 Å². The van der Waals surface area contributed by atoms with Crippen molar-refractivity contribution in [1.82, 2.24) is 9.80 Å². The summed E-state index contributed by atoms with van der Waals surface area (Å²) in [5, 5.41) is 12.9. The molecule has 0 radical (unpaired) electrons. The van der Waals surface area contributed by atoms with Crippen molar-refractivity contribution in [3.8, 4) is 0 Å². The van der Waals surface area contributed by atoms with E-state index in [1.807, 2.05) is 24.4 Å². The van der Waals surface area contributed by atoms with Crippen LogP contribution in [0, 0.1) is 16.0 Å². The molecule has 7 nitrogen and oxygen atoms in total. The van der Waals surface area contributed by atoms with E-state index in [9.17, 15) is 19.7 Å². The number of nitro groups is 1. The van der Waals surface area contributed by atoms with Gasteiger partial charge in [-0.1, -0.05) is 18.2 Å². The predicted molar refractivity (Wildman–Crippen MR) is 107 cm³/mol. The quantitative estimate of drug-likeness (QED) is 0.564. The minimum atomic E-state index is -0.432. The van der Waals surface area contributed by atoms with E-state index in [2.05, 4.69) is 0 Å². The van der Waals surface area contributed by atoms with Gasteiger partial charge in [0.25, 0.3) is 11.6 Å². The van der Waals surface area contributed by atoms with E-state index in [-0.39, 0.29) is 29.5 Å². The first-order chi connectivity index (χ1) is 13.4. The van der Waals surface area contributed by atoms with Crippen molar-refractivity contribution in [2.45, 2.75) is 25.8 Å². The van der Waals surface area contributed by atoms with Crippen molar-refractivity contribution in [1.29, 1.82) is 0 Å². The van der Waals surface area contributed by atoms with E-state index in [1.165, 1.54) is 23.5 Å². The Morgan fingerprint density at radius 1 is 1.25 bits per heavy atom. The molecular weight excluding hydrogens is 378 g/mol. The van der Waals surface area contributed by atoms with E-state index >= 15 is 0 Å². The molecule has 1 aliphatic heterocycles. The number of hydrogen-bond acceptors (Lipinski definition) is 5. The van der Waals surface area contributed by atoms with Crippen LogP contribution in [-0.2, 0) is 4.79 Å². The van der Waals surface area contributed by atoms with E-state index in [0.29, 0.717) is 25.9 Å². The van der Waals surface area contributed by atoms with Crippen LogP contribution in [0.4, 0.5) is 5.69 Å². The maximum atomic E-state index is 12.9. The summed E-state index contributed by atoms with van der Waals surface area (Å²) in [5.41, 5.74) is 0.751. The number of likely N-dealkylation sites (tertiary alicyclic amines) is 1. The maximum Gasteiger partial charge on any atom is 0.269 e. The number of nitro benzene ring substituents is 1. The molecule has 1 aliphatic rings. The number of carbonyl (C=O) groups excluding carboxylic acids is 2. The Kier molecular flexibility index (Phi) is 6.08. The fourth-order valence-corrected chi connectivity index (χ4v) is 4.18. The summed E-state index contributed by atoms with van der Waals surface area (Å²) in [4.78, 5) is 40.1. The second kappa shape index (κ2) is 8.52. The minimum Gasteiger partial charge on any atom is -0.339 e. The summed E-state index contributed by atoms with van der Waals surface area (Å²) in [6.07, 6.45) is 1.25. The molecule has 0 aliphatic carbocycles. The van der Waals surface area contributed by atoms with Crippen LogP contribution in [0.2, 0.25) is 0 Å². The van der Waals surface area contributed by atoms with Gasteiger partial charge in [0.05, 0.1) is 15.8 Å². The maximum absolute atomic E-state index is 12.9. The Balaban J connectivity index is 1.60. The normalized spacial score (nSPS) is 15.9. The van der Waals surface area contributed by atoms with E-state index in [1.54, 1.807) is 29.0 Å². The van der Waals surface area contributed by atoms with Gasteiger partial charge in [0, 0.05) is 38.2 Å². The number of amides is 2. The van der Waals surface area contributed by atoms with Gasteiger partial charge in [-0.2, -0.15) is 0 Å². The summed E-state index contributed by atoms with van der Waals surface area (Å²) in [6.45, 7) is 2.99. The molecule has 0 unspecified atom stereocenters. The lowest BCUT2D eigenvalue weighted by molar-refractivity contribution is -0.384. The summed E-state index contributed by atoms with van der Waals surface area (Å²) in [7, 11) is 1.73. The summed E-state index contributed by atoms with van der Waals surface area (Å²) < 4.78 is 0. The average Bonchev–Trinajstić information content (AvgIpc) is 3.26. The van der Waals surface area contributed by atoms with Crippen LogP contribution >= 0.6 is 11.3 Å². The number of carbonyl (C=O) groups is 2. The lowest BCUT2D eigenvalue weighted by atomic mass is 9.94. The third kappa shape index (κ3) is 4.22. The zero-order valence-corrected chi connectivity index (χ0v) is 16.7. The Morgan fingerprint density at radius 2 is 1.96 bits per heavy atom. The van der Waals surface area contributed by atoms with Crippen molar-refractivity contribution in [3.05, 3.63) is 62.3 Å². The van der Waals surface area contributed by atoms with E-state index in [0.717, 1.165) is 10.4 Å². The largest absolute Gasteiger partial charge is 0.339 e. The molecule has 0 saturated carbocycles. The van der Waals surface area contributed by atoms with Crippen LogP contribution in [0.25, 0.3) is 0 Å². The van der Waals surface area contributed by atoms with Crippen molar-refractivity contribution in [2.24, 2.45) is 5.92 Å². The van der Waals surface area contributed by atoms with Gasteiger partial charge in [0.2, 0.25) is 5.91 Å². The second-order valence-corrected chi connectivity index (χ2v) is 7.97. The molecule has 148 valence electrons. The number of piperidine rings is 1. The van der Waals surface area contributed by atoms with Crippen LogP contribution in [0.15, 0.2) is 41.8 Å². The van der Waals surface area contributed by atoms with Crippen LogP contribution in [0.1, 0.15) is 41.0 Å². The predicted octanol–water partition coefficient (Wildman–Crippen LogP) is 3.73. The molecule has 1 aromatic heterocycles. The van der Waals surface area contributed by atoms with Gasteiger partial charge in [0.15, 0.2) is 0 Å². The van der Waals surface area contributed by atoms with Gasteiger partial charge in [0.1, 0.15) is 0 Å². The molecule has 0 bridgehead atoms. The fourth-order valence-electron chi connectivity index (χ4n) is 3.49. The zero-order chi connectivity index (χ0) is 20.3. The topological polar surface area (TPSA) is 83.8 Å². The van der Waals surface area contributed by atoms with Gasteiger partial charge in [-0.25, -0.2) is 0 Å². The van der Waals surface area contributed by atoms with Gasteiger partial charge in [-0.05, 0) is 36.8 Å². The van der Waals surface area contributed by atoms with Gasteiger partial charge in [-0.3, -0.25) is 19.7 Å². The Hall–Kier alpha value is -2.74. The molecule has 1 atom stereocenters. The van der Waals surface area contributed by atoms with Crippen LogP contribution in [-0.4, -0.2) is 46.7 Å². The molecule has 3 rings (SSSR count). The number of nitrogens with zero attached hydrogens (tertiary/aromatic N) is 3. The molecule has 1 fully saturated rings. The first-order valence-electron chi connectivity index (χ1n) is 9.22. The molecule has 1 saturated heterocycles. The van der Waals surface area contributed by atoms with Gasteiger partial charge < -0.3 is 9.80 Å². The highest BCUT2D eigenvalue weighted by Crippen LogP contribution is 2.27. The Labute approximate surface area is 167 Å². The van der Waals surface area contributed by atoms with Crippen molar-refractivity contribution < 1.29 is 14.5 Å². The lowest BCUT2D eigenvalue weighted by Crippen LogP contribution is -2.43. The van der Waals surface area contributed by atoms with Crippen molar-refractivity contribution >= 4 is 28.8 Å². The number of hydrogen-bond donors (Lipinski definition) is 0. The minimum absolute atomic E-state index is 0.0160. The summed E-state index contributed by atoms with van der Waals surface area (Å²) in [5.74, 6) is -0.0972. The lowest BCUT2D eigenvalue weighted by Gasteiger charge is -2.35. The molecule has 2 amide bonds. The summed E-state index contributed by atoms with van der Waals surface area (Å²) >= 11 is 1.43. The monoisotopic (exact) mass is 401 g/mol. The summed E-state index contributed by atoms with van der Waals surface area (Å²) in [6, 6.07) is 9.80. The zero-order valence-electron chi connectivity index (χ0n) is 15.9. The first kappa shape index (κ1) is 20.0. The standard InChI is InChI=1S/C20H23N3O4S/c1-14(16-5-3-6-17(13-16)23(26)27)21(2)19(24)15-8-10-22(11-9-15)20(25)18-7-4-12-28-18/h3-7,12-15H,8-11H2,1-2H3/t14-/m0/s1. The molecule has 0 spiro atoms. The van der Waals surface area contributed by atoms with Crippen LogP contribution < -0.4 is 0 Å². The molecule has 0 N–H and O–H groups in total. The number of benzene rings is 1. The SMILES string of the molecule is C[C@@H](c1cccc([N+](=O)[O-])c1)N(C)C(=O)C1CCN(C(=O)c2cccs2)CC1. The third-order valence-electron chi connectivity index (χ3n) is 5.36. The molecule has 1 aromatic carbocycles. The highest BCUT2D eigenvalue weighted by atomic mass is 32.1. The first-order valence-corrected chi connectivity index (χ1v) is 10.1. The third-order valence-corrected chi connectivity index (χ3v) is 6.21. The van der Waals surface area contributed by atoms with Gasteiger partial charge >= 0.3 is 0 Å². The number of rotatable bonds is 5. The fraction of sp³-hybridized carbons (Fsp3) is 0.400. The van der Waals surface area contributed by atoms with Gasteiger partial charge in [-0.15, -0.1) is 11.3 Å². The second-order valence-electron chi connectivity index (χ2n) is 7.02. The average molecular weight is 401 g/mol. The molecular formula is C20H23N3O4S. The molecule has 8 heteroatoms. The smallest absolute Gasteiger partial charge is 0.269 e. The molecule has 2 heterocycles. The number of non-ortho nitro benzene ring substituents is 1.